The van der Waals surface area contributed by atoms with Gasteiger partial charge in [0.25, 0.3) is 0 Å². The second kappa shape index (κ2) is 5.19. The first-order chi connectivity index (χ1) is 10.3. The van der Waals surface area contributed by atoms with Gasteiger partial charge in [0.15, 0.2) is 7.28 Å². The zero-order valence-electron chi connectivity index (χ0n) is 12.4. The van der Waals surface area contributed by atoms with Gasteiger partial charge in [0, 0.05) is 31.8 Å². The number of aliphatic imine (C=N–C) groups is 1. The SMILES string of the molecule is CN1CCN(C2=Nc3ccccc3[B]C3=C2C=CC3)CC1. The standard InChI is InChI=1S/C17H19BN3/c1-20-9-11-21(12-10-20)17-13-5-4-7-14(13)18-15-6-2-3-8-16(15)19-17/h2-6,8H,7,9-12H2,1H3. The molecule has 1 aromatic carbocycles. The van der Waals surface area contributed by atoms with E-state index >= 15 is 0 Å². The fraction of sp³-hybridized carbons (Fsp3) is 0.353. The molecule has 0 N–H and O–H groups in total. The molecule has 0 bridgehead atoms. The summed E-state index contributed by atoms with van der Waals surface area (Å²) in [6.07, 6.45) is 5.52. The second-order valence-corrected chi connectivity index (χ2v) is 5.97. The topological polar surface area (TPSA) is 18.8 Å². The Hall–Kier alpha value is -1.81. The van der Waals surface area contributed by atoms with E-state index in [9.17, 15) is 0 Å². The maximum atomic E-state index is 5.01. The first-order valence-corrected chi connectivity index (χ1v) is 7.67. The minimum absolute atomic E-state index is 1.02. The molecule has 3 aliphatic rings. The molecule has 1 aliphatic carbocycles. The van der Waals surface area contributed by atoms with E-state index in [4.69, 9.17) is 4.99 Å². The summed E-state index contributed by atoms with van der Waals surface area (Å²) < 4.78 is 0. The van der Waals surface area contributed by atoms with Crippen molar-refractivity contribution in [2.24, 2.45) is 4.99 Å². The van der Waals surface area contributed by atoms with Crippen molar-refractivity contribution in [3.05, 3.63) is 47.5 Å². The van der Waals surface area contributed by atoms with Crippen LogP contribution in [0.1, 0.15) is 6.42 Å². The van der Waals surface area contributed by atoms with Gasteiger partial charge in [-0.2, -0.15) is 0 Å². The van der Waals surface area contributed by atoms with Gasteiger partial charge in [-0.25, -0.2) is 4.99 Å². The molecule has 1 fully saturated rings. The summed E-state index contributed by atoms with van der Waals surface area (Å²) in [5.74, 6) is 1.16. The zero-order chi connectivity index (χ0) is 14.2. The molecule has 3 nitrogen and oxygen atoms in total. The third kappa shape index (κ3) is 2.34. The van der Waals surface area contributed by atoms with Crippen LogP contribution < -0.4 is 5.46 Å². The number of nitrogens with zero attached hydrogens (tertiary/aromatic N) is 3. The van der Waals surface area contributed by atoms with Crippen molar-refractivity contribution in [3.63, 3.8) is 0 Å². The van der Waals surface area contributed by atoms with Gasteiger partial charge in [0.05, 0.1) is 5.69 Å². The number of piperazine rings is 1. The van der Waals surface area contributed by atoms with Crippen LogP contribution in [0.3, 0.4) is 0 Å². The Morgan fingerprint density at radius 1 is 1.10 bits per heavy atom. The van der Waals surface area contributed by atoms with E-state index in [0.29, 0.717) is 0 Å². The Kier molecular flexibility index (Phi) is 3.19. The smallest absolute Gasteiger partial charge is 0.190 e. The lowest BCUT2D eigenvalue weighted by Crippen LogP contribution is -2.47. The number of allylic oxidation sites excluding steroid dienone is 2. The van der Waals surface area contributed by atoms with Crippen LogP contribution in [-0.4, -0.2) is 56.1 Å². The summed E-state index contributed by atoms with van der Waals surface area (Å²) in [6, 6.07) is 8.45. The Bertz CT molecular complexity index is 652. The van der Waals surface area contributed by atoms with E-state index in [-0.39, 0.29) is 0 Å². The highest BCUT2D eigenvalue weighted by atomic mass is 15.3. The van der Waals surface area contributed by atoms with E-state index in [2.05, 4.69) is 60.5 Å². The normalized spacial score (nSPS) is 21.6. The van der Waals surface area contributed by atoms with Crippen LogP contribution >= 0.6 is 0 Å². The zero-order valence-corrected chi connectivity index (χ0v) is 12.4. The second-order valence-electron chi connectivity index (χ2n) is 5.97. The fourth-order valence-corrected chi connectivity index (χ4v) is 3.21. The molecule has 2 aliphatic heterocycles. The minimum Gasteiger partial charge on any atom is -0.354 e. The number of rotatable bonds is 0. The molecule has 0 saturated carbocycles. The number of benzene rings is 1. The summed E-state index contributed by atoms with van der Waals surface area (Å²) in [5.41, 5.74) is 5.04. The lowest BCUT2D eigenvalue weighted by atomic mass is 9.61. The molecular formula is C17H19BN3. The van der Waals surface area contributed by atoms with Crippen molar-refractivity contribution < 1.29 is 0 Å². The third-order valence-electron chi connectivity index (χ3n) is 4.50. The van der Waals surface area contributed by atoms with E-state index < -0.39 is 0 Å². The lowest BCUT2D eigenvalue weighted by Gasteiger charge is -2.35. The summed E-state index contributed by atoms with van der Waals surface area (Å²) >= 11 is 0. The van der Waals surface area contributed by atoms with Gasteiger partial charge in [0.2, 0.25) is 0 Å². The largest absolute Gasteiger partial charge is 0.354 e. The summed E-state index contributed by atoms with van der Waals surface area (Å²) in [6.45, 7) is 4.33. The summed E-state index contributed by atoms with van der Waals surface area (Å²) in [5, 5.41) is 0. The molecule has 0 aromatic heterocycles. The maximum Gasteiger partial charge on any atom is 0.190 e. The Morgan fingerprint density at radius 2 is 1.90 bits per heavy atom. The number of amidine groups is 1. The van der Waals surface area contributed by atoms with Gasteiger partial charge < -0.3 is 9.80 Å². The quantitative estimate of drug-likeness (QED) is 0.669. The number of hydrogen-bond acceptors (Lipinski definition) is 3. The molecule has 2 heterocycles. The predicted octanol–water partition coefficient (Wildman–Crippen LogP) is 1.52. The summed E-state index contributed by atoms with van der Waals surface area (Å²) in [4.78, 5) is 9.84. The maximum absolute atomic E-state index is 5.01. The Balaban J connectivity index is 1.76. The molecule has 0 atom stereocenters. The van der Waals surface area contributed by atoms with Crippen LogP contribution in [0.25, 0.3) is 0 Å². The van der Waals surface area contributed by atoms with Crippen LogP contribution in [0.5, 0.6) is 0 Å². The van der Waals surface area contributed by atoms with E-state index in [0.717, 1.165) is 44.1 Å². The molecule has 0 spiro atoms. The molecule has 4 heteroatoms. The first kappa shape index (κ1) is 12.9. The minimum atomic E-state index is 1.02. The number of para-hydroxylation sites is 1. The predicted molar refractivity (Wildman–Crippen MR) is 88.8 cm³/mol. The van der Waals surface area contributed by atoms with Crippen LogP contribution in [0, 0.1) is 0 Å². The van der Waals surface area contributed by atoms with Gasteiger partial charge in [-0.1, -0.05) is 41.3 Å². The van der Waals surface area contributed by atoms with Crippen molar-refractivity contribution in [2.75, 3.05) is 33.2 Å². The highest BCUT2D eigenvalue weighted by Gasteiger charge is 2.26. The molecule has 0 amide bonds. The molecule has 1 saturated heterocycles. The average molecular weight is 276 g/mol. The molecule has 1 radical (unpaired) electrons. The molecule has 21 heavy (non-hydrogen) atoms. The van der Waals surface area contributed by atoms with Crippen LogP contribution in [0.2, 0.25) is 0 Å². The monoisotopic (exact) mass is 276 g/mol. The van der Waals surface area contributed by atoms with E-state index in [1.165, 1.54) is 16.5 Å². The van der Waals surface area contributed by atoms with Crippen molar-refractivity contribution in [1.29, 1.82) is 0 Å². The van der Waals surface area contributed by atoms with Crippen LogP contribution in [0.4, 0.5) is 5.69 Å². The Morgan fingerprint density at radius 3 is 2.76 bits per heavy atom. The molecule has 4 rings (SSSR count). The Labute approximate surface area is 126 Å². The number of likely N-dealkylation sites (N-methyl/N-ethyl adjacent to an activating group) is 1. The highest BCUT2D eigenvalue weighted by Crippen LogP contribution is 2.27. The van der Waals surface area contributed by atoms with Crippen molar-refractivity contribution >= 4 is 24.3 Å². The number of fused-ring (bicyclic) bond motifs is 1. The first-order valence-electron chi connectivity index (χ1n) is 7.67. The van der Waals surface area contributed by atoms with Gasteiger partial charge in [-0.05, 0) is 19.5 Å². The van der Waals surface area contributed by atoms with E-state index in [1.54, 1.807) is 0 Å². The van der Waals surface area contributed by atoms with Crippen LogP contribution in [0.15, 0.2) is 52.5 Å². The van der Waals surface area contributed by atoms with E-state index in [1.807, 2.05) is 0 Å². The van der Waals surface area contributed by atoms with Gasteiger partial charge >= 0.3 is 0 Å². The molecule has 1 aromatic rings. The van der Waals surface area contributed by atoms with Gasteiger partial charge in [-0.15, -0.1) is 0 Å². The molecule has 0 unspecified atom stereocenters. The van der Waals surface area contributed by atoms with Crippen molar-refractivity contribution in [1.82, 2.24) is 9.80 Å². The van der Waals surface area contributed by atoms with Gasteiger partial charge in [0.1, 0.15) is 5.84 Å². The average Bonchev–Trinajstić information content (AvgIpc) is 2.89. The molecule has 105 valence electrons. The van der Waals surface area contributed by atoms with Crippen molar-refractivity contribution in [3.8, 4) is 0 Å². The lowest BCUT2D eigenvalue weighted by molar-refractivity contribution is 0.216. The molecular weight excluding hydrogens is 257 g/mol. The fourth-order valence-electron chi connectivity index (χ4n) is 3.21. The number of hydrogen-bond donors (Lipinski definition) is 0. The van der Waals surface area contributed by atoms with Gasteiger partial charge in [-0.3, -0.25) is 0 Å². The summed E-state index contributed by atoms with van der Waals surface area (Å²) in [7, 11) is 4.49. The third-order valence-corrected chi connectivity index (χ3v) is 4.50. The van der Waals surface area contributed by atoms with Crippen LogP contribution in [-0.2, 0) is 0 Å². The van der Waals surface area contributed by atoms with Crippen molar-refractivity contribution in [2.45, 2.75) is 6.42 Å². The highest BCUT2D eigenvalue weighted by molar-refractivity contribution is 6.64.